The Morgan fingerprint density at radius 3 is 2.67 bits per heavy atom. The van der Waals surface area contributed by atoms with Gasteiger partial charge in [0.05, 0.1) is 19.3 Å². The largest absolute Gasteiger partial charge is 0.370 e. The molecule has 1 saturated heterocycles. The third kappa shape index (κ3) is 5.29. The highest BCUT2D eigenvalue weighted by Gasteiger charge is 2.29. The molecule has 1 atom stereocenters. The van der Waals surface area contributed by atoms with Crippen molar-refractivity contribution in [3.05, 3.63) is 45.7 Å². The Bertz CT molecular complexity index is 794. The number of aromatic nitrogens is 4. The summed E-state index contributed by atoms with van der Waals surface area (Å²) in [7, 11) is 0. The molecular formula is C19H26Cl2N5O+. The number of nitrogens with one attached hydrogen (secondary N) is 1. The van der Waals surface area contributed by atoms with Crippen LogP contribution in [0.15, 0.2) is 24.3 Å². The summed E-state index contributed by atoms with van der Waals surface area (Å²) in [6.45, 7) is 10.9. The number of quaternary nitrogens is 1. The first-order chi connectivity index (χ1) is 12.8. The lowest BCUT2D eigenvalue weighted by Gasteiger charge is -2.29. The van der Waals surface area contributed by atoms with Crippen LogP contribution in [0.3, 0.4) is 0 Å². The molecule has 1 N–H and O–H groups in total. The van der Waals surface area contributed by atoms with E-state index in [1.807, 2.05) is 22.9 Å². The van der Waals surface area contributed by atoms with Gasteiger partial charge in [0, 0.05) is 10.0 Å². The molecule has 6 nitrogen and oxygen atoms in total. The summed E-state index contributed by atoms with van der Waals surface area (Å²) in [6, 6.07) is 5.50. The van der Waals surface area contributed by atoms with Crippen molar-refractivity contribution in [1.29, 1.82) is 0 Å². The summed E-state index contributed by atoms with van der Waals surface area (Å²) in [4.78, 5) is 1.44. The third-order valence-corrected chi connectivity index (χ3v) is 5.30. The van der Waals surface area contributed by atoms with Gasteiger partial charge in [-0.2, -0.15) is 0 Å². The first kappa shape index (κ1) is 20.3. The first-order valence-corrected chi connectivity index (χ1v) is 9.91. The summed E-state index contributed by atoms with van der Waals surface area (Å²) < 4.78 is 7.38. The summed E-state index contributed by atoms with van der Waals surface area (Å²) in [5.41, 5.74) is 0.851. The zero-order valence-electron chi connectivity index (χ0n) is 16.0. The molecule has 0 aliphatic carbocycles. The van der Waals surface area contributed by atoms with Crippen molar-refractivity contribution in [1.82, 2.24) is 20.2 Å². The van der Waals surface area contributed by atoms with Crippen LogP contribution in [0.4, 0.5) is 0 Å². The second-order valence-electron chi connectivity index (χ2n) is 7.91. The van der Waals surface area contributed by atoms with Crippen molar-refractivity contribution >= 4 is 29.3 Å². The molecule has 2 heterocycles. The van der Waals surface area contributed by atoms with Crippen LogP contribution in [0, 0.1) is 5.41 Å². The molecule has 0 unspecified atom stereocenters. The Morgan fingerprint density at radius 1 is 1.26 bits per heavy atom. The number of morpholine rings is 1. The molecule has 0 amide bonds. The molecule has 1 aromatic heterocycles. The fourth-order valence-corrected chi connectivity index (χ4v) is 3.65. The normalized spacial score (nSPS) is 17.5. The van der Waals surface area contributed by atoms with E-state index in [0.29, 0.717) is 10.0 Å². The Labute approximate surface area is 170 Å². The smallest absolute Gasteiger partial charge is 0.206 e. The van der Waals surface area contributed by atoms with E-state index < -0.39 is 0 Å². The van der Waals surface area contributed by atoms with Gasteiger partial charge >= 0.3 is 0 Å². The van der Waals surface area contributed by atoms with E-state index in [1.165, 1.54) is 4.90 Å². The summed E-state index contributed by atoms with van der Waals surface area (Å²) >= 11 is 12.3. The van der Waals surface area contributed by atoms with Crippen LogP contribution < -0.4 is 4.90 Å². The zero-order valence-corrected chi connectivity index (χ0v) is 17.5. The highest BCUT2D eigenvalue weighted by atomic mass is 35.5. The topological polar surface area (TPSA) is 57.3 Å². The molecule has 1 aliphatic heterocycles. The Morgan fingerprint density at radius 2 is 2.00 bits per heavy atom. The highest BCUT2D eigenvalue weighted by molar-refractivity contribution is 6.35. The van der Waals surface area contributed by atoms with Crippen molar-refractivity contribution in [2.45, 2.75) is 33.4 Å². The number of nitrogens with zero attached hydrogens (tertiary/aromatic N) is 4. The Kier molecular flexibility index (Phi) is 6.52. The zero-order chi connectivity index (χ0) is 19.4. The van der Waals surface area contributed by atoms with Gasteiger partial charge in [0.1, 0.15) is 19.6 Å². The van der Waals surface area contributed by atoms with E-state index >= 15 is 0 Å². The second kappa shape index (κ2) is 8.69. The van der Waals surface area contributed by atoms with Gasteiger partial charge in [-0.15, -0.1) is 5.10 Å². The van der Waals surface area contributed by atoms with Crippen LogP contribution in [-0.2, 0) is 11.3 Å². The van der Waals surface area contributed by atoms with Gasteiger partial charge in [0.15, 0.2) is 0 Å². The molecule has 0 bridgehead atoms. The monoisotopic (exact) mass is 410 g/mol. The van der Waals surface area contributed by atoms with E-state index in [9.17, 15) is 0 Å². The number of tetrazole rings is 1. The summed E-state index contributed by atoms with van der Waals surface area (Å²) in [5, 5.41) is 13.8. The minimum Gasteiger partial charge on any atom is -0.370 e. The van der Waals surface area contributed by atoms with Crippen LogP contribution in [0.2, 0.25) is 10.0 Å². The highest BCUT2D eigenvalue weighted by Crippen LogP contribution is 2.33. The van der Waals surface area contributed by atoms with Gasteiger partial charge in [-0.3, -0.25) is 0 Å². The van der Waals surface area contributed by atoms with Gasteiger partial charge in [0.2, 0.25) is 5.82 Å². The number of halogens is 2. The first-order valence-electron chi connectivity index (χ1n) is 9.16. The molecular weight excluding hydrogens is 385 g/mol. The van der Waals surface area contributed by atoms with Crippen molar-refractivity contribution in [2.75, 3.05) is 26.3 Å². The summed E-state index contributed by atoms with van der Waals surface area (Å²) in [6.07, 6.45) is 4.13. The maximum absolute atomic E-state index is 6.31. The SMILES string of the molecule is CC(C)(C)[C@@H](/C=C/c1ccc(Cl)cc1Cl)n1nnnc1C[NH+]1CCOCC1. The molecule has 1 aliphatic rings. The van der Waals surface area contributed by atoms with Crippen LogP contribution in [0.25, 0.3) is 6.08 Å². The van der Waals surface area contributed by atoms with E-state index in [0.717, 1.165) is 44.2 Å². The lowest BCUT2D eigenvalue weighted by molar-refractivity contribution is -0.922. The predicted molar refractivity (Wildman–Crippen MR) is 107 cm³/mol. The van der Waals surface area contributed by atoms with Crippen LogP contribution in [-0.4, -0.2) is 46.5 Å². The lowest BCUT2D eigenvalue weighted by atomic mass is 9.86. The molecule has 1 aromatic carbocycles. The number of hydrogen-bond acceptors (Lipinski definition) is 4. The molecule has 1 fully saturated rings. The van der Waals surface area contributed by atoms with Crippen molar-refractivity contribution < 1.29 is 9.64 Å². The molecule has 3 rings (SSSR count). The molecule has 27 heavy (non-hydrogen) atoms. The van der Waals surface area contributed by atoms with E-state index in [4.69, 9.17) is 27.9 Å². The molecule has 8 heteroatoms. The molecule has 0 radical (unpaired) electrons. The third-order valence-electron chi connectivity index (χ3n) is 4.74. The van der Waals surface area contributed by atoms with Gasteiger partial charge in [-0.1, -0.05) is 62.2 Å². The van der Waals surface area contributed by atoms with Crippen molar-refractivity contribution in [3.8, 4) is 0 Å². The lowest BCUT2D eigenvalue weighted by Crippen LogP contribution is -3.12. The van der Waals surface area contributed by atoms with Gasteiger partial charge in [-0.25, -0.2) is 4.68 Å². The molecule has 0 spiro atoms. The second-order valence-corrected chi connectivity index (χ2v) is 8.76. The number of benzene rings is 1. The fraction of sp³-hybridized carbons (Fsp3) is 0.526. The molecule has 0 saturated carbocycles. The number of ether oxygens (including phenoxy) is 1. The van der Waals surface area contributed by atoms with Crippen LogP contribution in [0.1, 0.15) is 38.2 Å². The average molecular weight is 411 g/mol. The number of hydrogen-bond donors (Lipinski definition) is 1. The van der Waals surface area contributed by atoms with E-state index in [-0.39, 0.29) is 11.5 Å². The maximum atomic E-state index is 6.31. The molecule has 2 aromatic rings. The Balaban J connectivity index is 1.85. The minimum absolute atomic E-state index is 0.00492. The van der Waals surface area contributed by atoms with Gasteiger partial charge in [0.25, 0.3) is 0 Å². The van der Waals surface area contributed by atoms with Crippen LogP contribution >= 0.6 is 23.2 Å². The van der Waals surface area contributed by atoms with Crippen molar-refractivity contribution in [2.24, 2.45) is 5.41 Å². The standard InChI is InChI=1S/C19H25Cl2N5O/c1-19(2,3)17(7-5-14-4-6-15(20)12-16(14)21)26-18(22-23-24-26)13-25-8-10-27-11-9-25/h4-7,12,17H,8-11,13H2,1-3H3/p+1/b7-5+/t17-/m1/s1. The van der Waals surface area contributed by atoms with Gasteiger partial charge < -0.3 is 9.64 Å². The predicted octanol–water partition coefficient (Wildman–Crippen LogP) is 2.70. The van der Waals surface area contributed by atoms with E-state index in [1.54, 1.807) is 6.07 Å². The Hall–Kier alpha value is -1.47. The maximum Gasteiger partial charge on any atom is 0.206 e. The van der Waals surface area contributed by atoms with Gasteiger partial charge in [-0.05, 0) is 33.5 Å². The summed E-state index contributed by atoms with van der Waals surface area (Å²) in [5.74, 6) is 0.888. The van der Waals surface area contributed by atoms with Crippen molar-refractivity contribution in [3.63, 3.8) is 0 Å². The van der Waals surface area contributed by atoms with Crippen LogP contribution in [0.5, 0.6) is 0 Å². The fourth-order valence-electron chi connectivity index (χ4n) is 3.17. The average Bonchev–Trinajstić information content (AvgIpc) is 3.04. The quantitative estimate of drug-likeness (QED) is 0.822. The number of allylic oxidation sites excluding steroid dienone is 1. The minimum atomic E-state index is -0.0696. The van der Waals surface area contributed by atoms with E-state index in [2.05, 4.69) is 42.4 Å². The molecule has 146 valence electrons. The number of rotatable bonds is 5.